The fraction of sp³-hybridized carbons (Fsp3) is 0.368. The SMILES string of the molecule is CCNC(=NCc1cccnc1OCc1ccccc1)NCCSC.I. The predicted octanol–water partition coefficient (Wildman–Crippen LogP) is 3.70. The fourth-order valence-corrected chi connectivity index (χ4v) is 2.48. The summed E-state index contributed by atoms with van der Waals surface area (Å²) in [6.07, 6.45) is 3.84. The topological polar surface area (TPSA) is 58.5 Å². The van der Waals surface area contributed by atoms with Crippen LogP contribution in [-0.2, 0) is 13.2 Å². The lowest BCUT2D eigenvalue weighted by molar-refractivity contribution is 0.290. The molecule has 0 saturated carbocycles. The Labute approximate surface area is 177 Å². The highest BCUT2D eigenvalue weighted by molar-refractivity contribution is 14.0. The first-order valence-corrected chi connectivity index (χ1v) is 9.84. The first-order chi connectivity index (χ1) is 12.3. The zero-order valence-corrected chi connectivity index (χ0v) is 18.4. The number of thioether (sulfide) groups is 1. The Balaban J connectivity index is 0.00000338. The summed E-state index contributed by atoms with van der Waals surface area (Å²) in [7, 11) is 0. The van der Waals surface area contributed by atoms with Gasteiger partial charge in [-0.1, -0.05) is 36.4 Å². The molecule has 26 heavy (non-hydrogen) atoms. The van der Waals surface area contributed by atoms with Gasteiger partial charge < -0.3 is 15.4 Å². The number of guanidine groups is 1. The van der Waals surface area contributed by atoms with Crippen LogP contribution in [0.15, 0.2) is 53.7 Å². The maximum Gasteiger partial charge on any atom is 0.218 e. The van der Waals surface area contributed by atoms with Crippen molar-refractivity contribution >= 4 is 41.7 Å². The van der Waals surface area contributed by atoms with Gasteiger partial charge in [-0.25, -0.2) is 9.98 Å². The summed E-state index contributed by atoms with van der Waals surface area (Å²) in [5.41, 5.74) is 2.09. The van der Waals surface area contributed by atoms with Gasteiger partial charge in [0.1, 0.15) is 6.61 Å². The zero-order chi connectivity index (χ0) is 17.7. The summed E-state index contributed by atoms with van der Waals surface area (Å²) in [4.78, 5) is 8.99. The highest BCUT2D eigenvalue weighted by Crippen LogP contribution is 2.17. The van der Waals surface area contributed by atoms with E-state index < -0.39 is 0 Å². The Kier molecular flexibility index (Phi) is 11.9. The van der Waals surface area contributed by atoms with Gasteiger partial charge in [-0.05, 0) is 24.8 Å². The Morgan fingerprint density at radius 3 is 2.69 bits per heavy atom. The third-order valence-electron chi connectivity index (χ3n) is 3.42. The molecule has 2 N–H and O–H groups in total. The van der Waals surface area contributed by atoms with E-state index in [2.05, 4.69) is 33.8 Å². The van der Waals surface area contributed by atoms with E-state index in [0.717, 1.165) is 35.9 Å². The van der Waals surface area contributed by atoms with Crippen molar-refractivity contribution in [3.63, 3.8) is 0 Å². The van der Waals surface area contributed by atoms with Crippen LogP contribution in [0.3, 0.4) is 0 Å². The second-order valence-corrected chi connectivity index (χ2v) is 6.34. The molecule has 1 aromatic carbocycles. The maximum absolute atomic E-state index is 5.89. The first-order valence-electron chi connectivity index (χ1n) is 8.45. The molecule has 0 amide bonds. The highest BCUT2D eigenvalue weighted by Gasteiger charge is 2.05. The van der Waals surface area contributed by atoms with Crippen molar-refractivity contribution in [2.75, 3.05) is 25.1 Å². The van der Waals surface area contributed by atoms with E-state index in [1.807, 2.05) is 54.2 Å². The van der Waals surface area contributed by atoms with E-state index in [4.69, 9.17) is 4.74 Å². The molecule has 0 aliphatic carbocycles. The summed E-state index contributed by atoms with van der Waals surface area (Å²) in [6.45, 7) is 4.80. The van der Waals surface area contributed by atoms with Gasteiger partial charge in [0.25, 0.3) is 0 Å². The van der Waals surface area contributed by atoms with Crippen molar-refractivity contribution in [1.82, 2.24) is 15.6 Å². The normalized spacial score (nSPS) is 10.8. The smallest absolute Gasteiger partial charge is 0.218 e. The number of nitrogens with one attached hydrogen (secondary N) is 2. The van der Waals surface area contributed by atoms with Crippen LogP contribution in [0, 0.1) is 0 Å². The minimum atomic E-state index is 0. The van der Waals surface area contributed by atoms with Crippen LogP contribution < -0.4 is 15.4 Å². The van der Waals surface area contributed by atoms with Gasteiger partial charge in [0.15, 0.2) is 5.96 Å². The molecule has 0 aliphatic rings. The average Bonchev–Trinajstić information content (AvgIpc) is 2.66. The van der Waals surface area contributed by atoms with Crippen LogP contribution in [-0.4, -0.2) is 36.0 Å². The quantitative estimate of drug-likeness (QED) is 0.245. The second kappa shape index (κ2) is 13.7. The van der Waals surface area contributed by atoms with Crippen LogP contribution in [0.25, 0.3) is 0 Å². The lowest BCUT2D eigenvalue weighted by Gasteiger charge is -2.12. The number of benzene rings is 1. The number of ether oxygens (including phenoxy) is 1. The molecule has 2 aromatic rings. The lowest BCUT2D eigenvalue weighted by atomic mass is 10.2. The van der Waals surface area contributed by atoms with Gasteiger partial charge in [0.2, 0.25) is 5.88 Å². The van der Waals surface area contributed by atoms with Gasteiger partial charge in [-0.15, -0.1) is 24.0 Å². The van der Waals surface area contributed by atoms with E-state index in [-0.39, 0.29) is 24.0 Å². The van der Waals surface area contributed by atoms with Gasteiger partial charge >= 0.3 is 0 Å². The Morgan fingerprint density at radius 2 is 1.96 bits per heavy atom. The molecule has 5 nitrogen and oxygen atoms in total. The van der Waals surface area contributed by atoms with E-state index in [9.17, 15) is 0 Å². The largest absolute Gasteiger partial charge is 0.473 e. The number of hydrogen-bond acceptors (Lipinski definition) is 4. The standard InChI is InChI=1S/C19H26N4OS.HI/c1-3-20-19(22-12-13-25-2)23-14-17-10-7-11-21-18(17)24-15-16-8-5-4-6-9-16;/h4-11H,3,12-15H2,1-2H3,(H2,20,22,23);1H. The van der Waals surface area contributed by atoms with Gasteiger partial charge in [-0.2, -0.15) is 11.8 Å². The van der Waals surface area contributed by atoms with E-state index in [0.29, 0.717) is 19.0 Å². The molecule has 1 aromatic heterocycles. The van der Waals surface area contributed by atoms with Gasteiger partial charge in [0.05, 0.1) is 6.54 Å². The molecule has 0 aliphatic heterocycles. The summed E-state index contributed by atoms with van der Waals surface area (Å²) in [5.74, 6) is 2.49. The van der Waals surface area contributed by atoms with Crippen molar-refractivity contribution in [2.24, 2.45) is 4.99 Å². The molecule has 7 heteroatoms. The number of aromatic nitrogens is 1. The number of rotatable bonds is 9. The zero-order valence-electron chi connectivity index (χ0n) is 15.3. The Bertz CT molecular complexity index is 655. The molecule has 1 heterocycles. The Morgan fingerprint density at radius 1 is 1.15 bits per heavy atom. The summed E-state index contributed by atoms with van der Waals surface area (Å²) in [6, 6.07) is 14.0. The fourth-order valence-electron chi connectivity index (χ4n) is 2.18. The number of halogens is 1. The molecule has 0 atom stereocenters. The lowest BCUT2D eigenvalue weighted by Crippen LogP contribution is -2.38. The summed E-state index contributed by atoms with van der Waals surface area (Å²) >= 11 is 1.81. The maximum atomic E-state index is 5.89. The first kappa shape index (κ1) is 22.6. The molecule has 0 fully saturated rings. The van der Waals surface area contributed by atoms with Crippen LogP contribution in [0.2, 0.25) is 0 Å². The number of nitrogens with zero attached hydrogens (tertiary/aromatic N) is 2. The monoisotopic (exact) mass is 486 g/mol. The van der Waals surface area contributed by atoms with Crippen molar-refractivity contribution in [3.8, 4) is 5.88 Å². The minimum Gasteiger partial charge on any atom is -0.473 e. The molecular formula is C19H27IN4OS. The number of aliphatic imine (C=N–C) groups is 1. The van der Waals surface area contributed by atoms with Crippen molar-refractivity contribution in [3.05, 3.63) is 59.8 Å². The van der Waals surface area contributed by atoms with E-state index in [1.54, 1.807) is 6.20 Å². The molecule has 0 spiro atoms. The Hall–Kier alpha value is -1.48. The second-order valence-electron chi connectivity index (χ2n) is 5.36. The number of hydrogen-bond donors (Lipinski definition) is 2. The molecular weight excluding hydrogens is 459 g/mol. The molecule has 2 rings (SSSR count). The van der Waals surface area contributed by atoms with Gasteiger partial charge in [0, 0.05) is 30.6 Å². The third-order valence-corrected chi connectivity index (χ3v) is 4.03. The predicted molar refractivity (Wildman–Crippen MR) is 122 cm³/mol. The van der Waals surface area contributed by atoms with Crippen LogP contribution in [0.5, 0.6) is 5.88 Å². The third kappa shape index (κ3) is 8.27. The van der Waals surface area contributed by atoms with Crippen molar-refractivity contribution in [2.45, 2.75) is 20.1 Å². The molecule has 0 bridgehead atoms. The molecule has 142 valence electrons. The van der Waals surface area contributed by atoms with Crippen LogP contribution >= 0.6 is 35.7 Å². The molecule has 0 radical (unpaired) electrons. The highest BCUT2D eigenvalue weighted by atomic mass is 127. The molecule has 0 unspecified atom stereocenters. The average molecular weight is 486 g/mol. The van der Waals surface area contributed by atoms with E-state index in [1.165, 1.54) is 0 Å². The van der Waals surface area contributed by atoms with Crippen molar-refractivity contribution < 1.29 is 4.74 Å². The van der Waals surface area contributed by atoms with Crippen molar-refractivity contribution in [1.29, 1.82) is 0 Å². The van der Waals surface area contributed by atoms with Gasteiger partial charge in [-0.3, -0.25) is 0 Å². The molecule has 0 saturated heterocycles. The van der Waals surface area contributed by atoms with E-state index >= 15 is 0 Å². The summed E-state index contributed by atoms with van der Waals surface area (Å²) < 4.78 is 5.89. The van der Waals surface area contributed by atoms with Crippen LogP contribution in [0.4, 0.5) is 0 Å². The minimum absolute atomic E-state index is 0. The number of pyridine rings is 1. The van der Waals surface area contributed by atoms with Crippen LogP contribution in [0.1, 0.15) is 18.1 Å². The summed E-state index contributed by atoms with van der Waals surface area (Å²) in [5, 5.41) is 6.58.